The van der Waals surface area contributed by atoms with Gasteiger partial charge < -0.3 is 9.64 Å². The lowest BCUT2D eigenvalue weighted by Crippen LogP contribution is -2.44. The minimum atomic E-state index is -0.412. The van der Waals surface area contributed by atoms with Gasteiger partial charge in [0.15, 0.2) is 0 Å². The Hall–Kier alpha value is -3.06. The van der Waals surface area contributed by atoms with Gasteiger partial charge in [-0.3, -0.25) is 19.3 Å². The highest BCUT2D eigenvalue weighted by Crippen LogP contribution is 2.32. The molecule has 0 atom stereocenters. The maximum Gasteiger partial charge on any atom is 0.294 e. The molecule has 2 fully saturated rings. The van der Waals surface area contributed by atoms with Crippen molar-refractivity contribution in [3.63, 3.8) is 0 Å². The molecule has 0 aromatic heterocycles. The standard InChI is InChI=1S/C25H26N2O4S/c1-18-5-7-20(8-6-18)17-31-21-11-9-19(10-12-21)15-22-24(29)27(25(30)32-22)16-23(28)26-13-3-2-4-14-26/h5-12,15H,2-4,13-14,16-17H2,1H3/b22-15-. The Morgan fingerprint density at radius 3 is 2.38 bits per heavy atom. The Balaban J connectivity index is 1.35. The predicted molar refractivity (Wildman–Crippen MR) is 125 cm³/mol. The maximum absolute atomic E-state index is 12.7. The van der Waals surface area contributed by atoms with Gasteiger partial charge in [-0.25, -0.2) is 0 Å². The lowest BCUT2D eigenvalue weighted by molar-refractivity contribution is -0.136. The number of rotatable bonds is 6. The molecule has 0 aliphatic carbocycles. The molecule has 7 heteroatoms. The van der Waals surface area contributed by atoms with Crippen molar-refractivity contribution < 1.29 is 19.1 Å². The summed E-state index contributed by atoms with van der Waals surface area (Å²) in [5.74, 6) is 0.149. The van der Waals surface area contributed by atoms with Gasteiger partial charge >= 0.3 is 0 Å². The number of hydrogen-bond donors (Lipinski definition) is 0. The van der Waals surface area contributed by atoms with Crippen LogP contribution in [0.1, 0.15) is 36.0 Å². The van der Waals surface area contributed by atoms with E-state index >= 15 is 0 Å². The second kappa shape index (κ2) is 10.0. The van der Waals surface area contributed by atoms with Gasteiger partial charge in [-0.15, -0.1) is 0 Å². The van der Waals surface area contributed by atoms with Gasteiger partial charge in [-0.2, -0.15) is 0 Å². The highest BCUT2D eigenvalue weighted by Gasteiger charge is 2.37. The zero-order valence-electron chi connectivity index (χ0n) is 18.1. The average Bonchev–Trinajstić information content (AvgIpc) is 3.07. The molecule has 2 saturated heterocycles. The predicted octanol–water partition coefficient (Wildman–Crippen LogP) is 4.62. The molecule has 166 valence electrons. The normalized spacial score (nSPS) is 17.8. The number of aryl methyl sites for hydroxylation is 1. The number of hydrogen-bond acceptors (Lipinski definition) is 5. The number of carbonyl (C=O) groups is 3. The highest BCUT2D eigenvalue weighted by atomic mass is 32.2. The second-order valence-electron chi connectivity index (χ2n) is 8.05. The van der Waals surface area contributed by atoms with Crippen molar-refractivity contribution in [2.24, 2.45) is 0 Å². The number of imide groups is 1. The zero-order chi connectivity index (χ0) is 22.5. The van der Waals surface area contributed by atoms with Gasteiger partial charge in [0.25, 0.3) is 11.1 Å². The molecule has 0 radical (unpaired) electrons. The van der Waals surface area contributed by atoms with Crippen molar-refractivity contribution in [1.82, 2.24) is 9.80 Å². The van der Waals surface area contributed by atoms with E-state index in [1.807, 2.05) is 43.3 Å². The smallest absolute Gasteiger partial charge is 0.294 e. The molecule has 2 heterocycles. The monoisotopic (exact) mass is 450 g/mol. The summed E-state index contributed by atoms with van der Waals surface area (Å²) in [6, 6.07) is 15.5. The Morgan fingerprint density at radius 1 is 1.00 bits per heavy atom. The van der Waals surface area contributed by atoms with E-state index in [4.69, 9.17) is 4.74 Å². The first-order chi connectivity index (χ1) is 15.5. The molecule has 6 nitrogen and oxygen atoms in total. The molecule has 2 aliphatic rings. The SMILES string of the molecule is Cc1ccc(COc2ccc(/C=C3\SC(=O)N(CC(=O)N4CCCCC4)C3=O)cc2)cc1. The molecular weight excluding hydrogens is 424 g/mol. The van der Waals surface area contributed by atoms with Gasteiger partial charge in [0, 0.05) is 13.1 Å². The lowest BCUT2D eigenvalue weighted by atomic mass is 10.1. The average molecular weight is 451 g/mol. The summed E-state index contributed by atoms with van der Waals surface area (Å²) in [6.45, 7) is 3.73. The summed E-state index contributed by atoms with van der Waals surface area (Å²) in [6.07, 6.45) is 4.74. The fraction of sp³-hybridized carbons (Fsp3) is 0.320. The molecule has 0 saturated carbocycles. The summed E-state index contributed by atoms with van der Waals surface area (Å²) < 4.78 is 5.82. The first kappa shape index (κ1) is 22.1. The number of carbonyl (C=O) groups excluding carboxylic acids is 3. The molecule has 0 bridgehead atoms. The minimum absolute atomic E-state index is 0.164. The van der Waals surface area contributed by atoms with Crippen LogP contribution in [0.15, 0.2) is 53.4 Å². The third-order valence-electron chi connectivity index (χ3n) is 5.58. The molecule has 3 amide bonds. The van der Waals surface area contributed by atoms with Gasteiger partial charge in [-0.05, 0) is 67.3 Å². The van der Waals surface area contributed by atoms with Crippen molar-refractivity contribution in [3.8, 4) is 5.75 Å². The highest BCUT2D eigenvalue weighted by molar-refractivity contribution is 8.18. The molecule has 2 aromatic carbocycles. The summed E-state index contributed by atoms with van der Waals surface area (Å²) in [4.78, 5) is 40.6. The number of amides is 3. The number of thioether (sulfide) groups is 1. The molecule has 4 rings (SSSR count). The largest absolute Gasteiger partial charge is 0.489 e. The Bertz CT molecular complexity index is 1020. The molecule has 2 aliphatic heterocycles. The fourth-order valence-corrected chi connectivity index (χ4v) is 4.52. The van der Waals surface area contributed by atoms with Crippen molar-refractivity contribution >= 4 is 34.9 Å². The van der Waals surface area contributed by atoms with Gasteiger partial charge in [0.1, 0.15) is 18.9 Å². The number of nitrogens with zero attached hydrogens (tertiary/aromatic N) is 2. The third kappa shape index (κ3) is 5.40. The van der Waals surface area contributed by atoms with Crippen LogP contribution in [-0.4, -0.2) is 46.5 Å². The van der Waals surface area contributed by atoms with Gasteiger partial charge in [0.05, 0.1) is 4.91 Å². The van der Waals surface area contributed by atoms with E-state index < -0.39 is 11.1 Å². The van der Waals surface area contributed by atoms with Crippen LogP contribution in [0.4, 0.5) is 4.79 Å². The summed E-state index contributed by atoms with van der Waals surface area (Å²) in [7, 11) is 0. The first-order valence-electron chi connectivity index (χ1n) is 10.8. The van der Waals surface area contributed by atoms with E-state index in [0.29, 0.717) is 24.6 Å². The minimum Gasteiger partial charge on any atom is -0.489 e. The maximum atomic E-state index is 12.7. The summed E-state index contributed by atoms with van der Waals surface area (Å²) >= 11 is 0.875. The van der Waals surface area contributed by atoms with E-state index in [9.17, 15) is 14.4 Å². The number of ether oxygens (including phenoxy) is 1. The van der Waals surface area contributed by atoms with E-state index in [1.165, 1.54) is 5.56 Å². The van der Waals surface area contributed by atoms with Crippen LogP contribution in [0, 0.1) is 6.92 Å². The van der Waals surface area contributed by atoms with Gasteiger partial charge in [-0.1, -0.05) is 42.0 Å². The Labute approximate surface area is 192 Å². The van der Waals surface area contributed by atoms with E-state index in [2.05, 4.69) is 12.1 Å². The van der Waals surface area contributed by atoms with Crippen LogP contribution < -0.4 is 4.74 Å². The van der Waals surface area contributed by atoms with E-state index in [-0.39, 0.29) is 12.5 Å². The summed E-state index contributed by atoms with van der Waals surface area (Å²) in [5, 5.41) is -0.398. The van der Waals surface area contributed by atoms with Crippen molar-refractivity contribution in [2.75, 3.05) is 19.6 Å². The fourth-order valence-electron chi connectivity index (χ4n) is 3.68. The molecule has 0 N–H and O–H groups in total. The van der Waals surface area contributed by atoms with E-state index in [1.54, 1.807) is 11.0 Å². The summed E-state index contributed by atoms with van der Waals surface area (Å²) in [5.41, 5.74) is 3.09. The first-order valence-corrected chi connectivity index (χ1v) is 11.6. The van der Waals surface area contributed by atoms with Crippen molar-refractivity contribution in [2.45, 2.75) is 32.8 Å². The second-order valence-corrected chi connectivity index (χ2v) is 9.05. The van der Waals surface area contributed by atoms with Crippen LogP contribution in [0.5, 0.6) is 5.75 Å². The number of benzene rings is 2. The topological polar surface area (TPSA) is 66.9 Å². The van der Waals surface area contributed by atoms with Crippen LogP contribution in [-0.2, 0) is 16.2 Å². The molecule has 0 spiro atoms. The lowest BCUT2D eigenvalue weighted by Gasteiger charge is -2.27. The molecular formula is C25H26N2O4S. The van der Waals surface area contributed by atoms with Gasteiger partial charge in [0.2, 0.25) is 5.91 Å². The number of piperidine rings is 1. The van der Waals surface area contributed by atoms with Crippen LogP contribution in [0.2, 0.25) is 0 Å². The van der Waals surface area contributed by atoms with Crippen molar-refractivity contribution in [3.05, 3.63) is 70.1 Å². The molecule has 32 heavy (non-hydrogen) atoms. The van der Waals surface area contributed by atoms with E-state index in [0.717, 1.165) is 52.8 Å². The molecule has 2 aromatic rings. The quantitative estimate of drug-likeness (QED) is 0.601. The van der Waals surface area contributed by atoms with Crippen LogP contribution >= 0.6 is 11.8 Å². The van der Waals surface area contributed by atoms with Crippen molar-refractivity contribution in [1.29, 1.82) is 0 Å². The van der Waals surface area contributed by atoms with Crippen LogP contribution in [0.25, 0.3) is 6.08 Å². The Morgan fingerprint density at radius 2 is 1.69 bits per heavy atom. The zero-order valence-corrected chi connectivity index (χ0v) is 18.9. The third-order valence-corrected chi connectivity index (χ3v) is 6.49. The van der Waals surface area contributed by atoms with Crippen LogP contribution in [0.3, 0.4) is 0 Å². The number of likely N-dealkylation sites (tertiary alicyclic amines) is 1. The molecule has 0 unspecified atom stereocenters. The Kier molecular flexibility index (Phi) is 6.95.